The van der Waals surface area contributed by atoms with E-state index in [4.69, 9.17) is 0 Å². The van der Waals surface area contributed by atoms with Gasteiger partial charge in [-0.15, -0.1) is 0 Å². The second-order valence-electron chi connectivity index (χ2n) is 6.25. The zero-order valence-corrected chi connectivity index (χ0v) is 16.1. The number of hydrogen-bond acceptors (Lipinski definition) is 5. The van der Waals surface area contributed by atoms with E-state index in [1.807, 2.05) is 24.4 Å². The van der Waals surface area contributed by atoms with E-state index in [2.05, 4.69) is 59.4 Å². The van der Waals surface area contributed by atoms with E-state index in [9.17, 15) is 4.79 Å². The molecule has 0 bridgehead atoms. The average Bonchev–Trinajstić information content (AvgIpc) is 2.71. The first kappa shape index (κ1) is 20.3. The Morgan fingerprint density at radius 2 is 1.67 bits per heavy atom. The molecule has 5 nitrogen and oxygen atoms in total. The molecule has 0 saturated carbocycles. The van der Waals surface area contributed by atoms with Crippen LogP contribution in [0.15, 0.2) is 67.0 Å². The molecule has 3 rings (SSSR count). The van der Waals surface area contributed by atoms with E-state index in [1.54, 1.807) is 24.4 Å². The van der Waals surface area contributed by atoms with Crippen molar-refractivity contribution >= 4 is 12.0 Å². The van der Waals surface area contributed by atoms with Crippen LogP contribution in [0.4, 0.5) is 5.69 Å². The number of nitrogens with zero attached hydrogens (tertiary/aromatic N) is 3. The van der Waals surface area contributed by atoms with Gasteiger partial charge in [0.2, 0.25) is 0 Å². The van der Waals surface area contributed by atoms with E-state index in [1.165, 1.54) is 16.8 Å². The van der Waals surface area contributed by atoms with Gasteiger partial charge in [-0.3, -0.25) is 14.8 Å². The average molecular weight is 362 g/mol. The fourth-order valence-corrected chi connectivity index (χ4v) is 2.62. The highest BCUT2D eigenvalue weighted by atomic mass is 16.1. The van der Waals surface area contributed by atoms with Crippen molar-refractivity contribution in [3.05, 3.63) is 89.5 Å². The third kappa shape index (κ3) is 6.64. The molecule has 3 aromatic rings. The summed E-state index contributed by atoms with van der Waals surface area (Å²) in [5.74, 6) is 0. The van der Waals surface area contributed by atoms with Crippen LogP contribution < -0.4 is 10.2 Å². The van der Waals surface area contributed by atoms with Crippen molar-refractivity contribution in [2.45, 2.75) is 20.0 Å². The normalized spacial score (nSPS) is 9.89. The Bertz CT molecular complexity index is 820. The molecule has 2 heterocycles. The van der Waals surface area contributed by atoms with E-state index >= 15 is 0 Å². The fraction of sp³-hybridized carbons (Fsp3) is 0.227. The largest absolute Gasteiger partial charge is 0.377 e. The summed E-state index contributed by atoms with van der Waals surface area (Å²) in [5.41, 5.74) is 5.50. The van der Waals surface area contributed by atoms with Gasteiger partial charge in [-0.25, -0.2) is 0 Å². The molecule has 0 unspecified atom stereocenters. The van der Waals surface area contributed by atoms with Crippen molar-refractivity contribution < 1.29 is 4.79 Å². The van der Waals surface area contributed by atoms with Gasteiger partial charge in [-0.2, -0.15) is 0 Å². The number of benzene rings is 1. The minimum Gasteiger partial charge on any atom is -0.377 e. The monoisotopic (exact) mass is 362 g/mol. The molecule has 0 aliphatic carbocycles. The number of aldehydes is 1. The maximum Gasteiger partial charge on any atom is 0.168 e. The van der Waals surface area contributed by atoms with Gasteiger partial charge < -0.3 is 10.2 Å². The van der Waals surface area contributed by atoms with E-state index in [-0.39, 0.29) is 0 Å². The molecule has 27 heavy (non-hydrogen) atoms. The lowest BCUT2D eigenvalue weighted by molar-refractivity contribution is 0.111. The van der Waals surface area contributed by atoms with Crippen molar-refractivity contribution in [1.82, 2.24) is 15.3 Å². The van der Waals surface area contributed by atoms with Gasteiger partial charge in [0.05, 0.1) is 5.69 Å². The van der Waals surface area contributed by atoms with Crippen LogP contribution in [0.2, 0.25) is 0 Å². The van der Waals surface area contributed by atoms with Gasteiger partial charge in [0.15, 0.2) is 6.29 Å². The summed E-state index contributed by atoms with van der Waals surface area (Å²) in [5, 5.41) is 3.44. The Morgan fingerprint density at radius 1 is 0.926 bits per heavy atom. The molecule has 0 aliphatic rings. The van der Waals surface area contributed by atoms with E-state index < -0.39 is 0 Å². The first-order chi connectivity index (χ1) is 13.1. The van der Waals surface area contributed by atoms with Crippen LogP contribution >= 0.6 is 0 Å². The number of pyridine rings is 2. The van der Waals surface area contributed by atoms with Crippen LogP contribution in [-0.4, -0.2) is 30.3 Å². The molecule has 0 saturated heterocycles. The topological polar surface area (TPSA) is 58.1 Å². The van der Waals surface area contributed by atoms with Crippen molar-refractivity contribution in [2.24, 2.45) is 0 Å². The van der Waals surface area contributed by atoms with Crippen molar-refractivity contribution in [1.29, 1.82) is 0 Å². The summed E-state index contributed by atoms with van der Waals surface area (Å²) in [6.07, 6.45) is 4.14. The van der Waals surface area contributed by atoms with Gasteiger partial charge in [0, 0.05) is 45.3 Å². The van der Waals surface area contributed by atoms with Crippen LogP contribution in [0.25, 0.3) is 0 Å². The maximum atomic E-state index is 9.94. The molecule has 0 radical (unpaired) electrons. The van der Waals surface area contributed by atoms with E-state index in [0.717, 1.165) is 25.1 Å². The standard InChI is InChI=1S/C16H21N3.C6H5NO/c1-13-14(7-6-9-16(13)19(2)3)11-17-12-15-8-4-5-10-18-15;8-5-6-3-1-2-4-7-6/h4-10,17H,11-12H2,1-3H3;1-5H. The Balaban J connectivity index is 0.000000273. The SMILES string of the molecule is Cc1c(CNCc2ccccn2)cccc1N(C)C.O=Cc1ccccn1. The summed E-state index contributed by atoms with van der Waals surface area (Å²) in [4.78, 5) is 20.1. The summed E-state index contributed by atoms with van der Waals surface area (Å²) in [7, 11) is 4.15. The zero-order valence-electron chi connectivity index (χ0n) is 16.1. The van der Waals surface area contributed by atoms with Crippen LogP contribution in [0.5, 0.6) is 0 Å². The molecule has 140 valence electrons. The summed E-state index contributed by atoms with van der Waals surface area (Å²) in [6.45, 7) is 3.84. The molecular formula is C22H26N4O. The van der Waals surface area contributed by atoms with Crippen LogP contribution in [0.1, 0.15) is 27.3 Å². The molecule has 0 atom stereocenters. The molecule has 1 aromatic carbocycles. The number of carbonyl (C=O) groups excluding carboxylic acids is 1. The third-order valence-electron chi connectivity index (χ3n) is 4.06. The summed E-state index contributed by atoms with van der Waals surface area (Å²) in [6, 6.07) is 17.6. The number of nitrogens with one attached hydrogen (secondary N) is 1. The number of hydrogen-bond donors (Lipinski definition) is 1. The molecule has 0 amide bonds. The van der Waals surface area contributed by atoms with E-state index in [0.29, 0.717) is 5.69 Å². The lowest BCUT2D eigenvalue weighted by Crippen LogP contribution is -2.16. The lowest BCUT2D eigenvalue weighted by Gasteiger charge is -2.18. The lowest BCUT2D eigenvalue weighted by atomic mass is 10.1. The quantitative estimate of drug-likeness (QED) is 0.679. The Hall–Kier alpha value is -3.05. The summed E-state index contributed by atoms with van der Waals surface area (Å²) >= 11 is 0. The summed E-state index contributed by atoms with van der Waals surface area (Å²) < 4.78 is 0. The Morgan fingerprint density at radius 3 is 2.22 bits per heavy atom. The minimum absolute atomic E-state index is 0.479. The van der Waals surface area contributed by atoms with Crippen molar-refractivity contribution in [3.8, 4) is 0 Å². The highest BCUT2D eigenvalue weighted by Crippen LogP contribution is 2.21. The highest BCUT2D eigenvalue weighted by Gasteiger charge is 2.05. The molecule has 2 aromatic heterocycles. The molecule has 0 aliphatic heterocycles. The smallest absolute Gasteiger partial charge is 0.168 e. The molecule has 1 N–H and O–H groups in total. The van der Waals surface area contributed by atoms with Crippen LogP contribution in [-0.2, 0) is 13.1 Å². The Kier molecular flexibility index (Phi) is 8.13. The molecule has 0 fully saturated rings. The number of carbonyl (C=O) groups is 1. The van der Waals surface area contributed by atoms with Gasteiger partial charge in [0.25, 0.3) is 0 Å². The molecule has 0 spiro atoms. The maximum absolute atomic E-state index is 9.94. The minimum atomic E-state index is 0.479. The van der Waals surface area contributed by atoms with Gasteiger partial charge in [0.1, 0.15) is 5.69 Å². The fourth-order valence-electron chi connectivity index (χ4n) is 2.62. The van der Waals surface area contributed by atoms with Crippen molar-refractivity contribution in [2.75, 3.05) is 19.0 Å². The van der Waals surface area contributed by atoms with Crippen molar-refractivity contribution in [3.63, 3.8) is 0 Å². The molecule has 5 heteroatoms. The first-order valence-corrected chi connectivity index (χ1v) is 8.84. The van der Waals surface area contributed by atoms with Crippen LogP contribution in [0.3, 0.4) is 0 Å². The second-order valence-corrected chi connectivity index (χ2v) is 6.25. The van der Waals surface area contributed by atoms with Gasteiger partial charge in [-0.05, 0) is 48.4 Å². The predicted molar refractivity (Wildman–Crippen MR) is 110 cm³/mol. The predicted octanol–water partition coefficient (Wildman–Crippen LogP) is 3.64. The Labute approximate surface area is 161 Å². The van der Waals surface area contributed by atoms with Crippen LogP contribution in [0, 0.1) is 6.92 Å². The number of aromatic nitrogens is 2. The number of rotatable bonds is 6. The second kappa shape index (κ2) is 10.8. The third-order valence-corrected chi connectivity index (χ3v) is 4.06. The zero-order chi connectivity index (χ0) is 19.5. The van der Waals surface area contributed by atoms with Gasteiger partial charge in [-0.1, -0.05) is 24.3 Å². The first-order valence-electron chi connectivity index (χ1n) is 8.84. The highest BCUT2D eigenvalue weighted by molar-refractivity contribution is 5.71. The van der Waals surface area contributed by atoms with Gasteiger partial charge >= 0.3 is 0 Å². The number of anilines is 1. The molecular weight excluding hydrogens is 336 g/mol.